The molecule has 0 N–H and O–H groups in total. The van der Waals surface area contributed by atoms with E-state index in [0.29, 0.717) is 10.5 Å². The quantitative estimate of drug-likeness (QED) is 0.504. The van der Waals surface area contributed by atoms with Gasteiger partial charge in [-0.15, -0.1) is 0 Å². The monoisotopic (exact) mass is 147 g/mol. The normalized spacial score (nSPS) is 9.11. The maximum atomic E-state index is 10.7. The smallest absolute Gasteiger partial charge is 0.395 e. The zero-order chi connectivity index (χ0) is 7.28. The number of carbonyl (C=O) groups is 1. The molecule has 0 fully saturated rings. The van der Waals surface area contributed by atoms with Gasteiger partial charge in [0, 0.05) is 13.1 Å². The molecular formula is C5H13NO2Si. The van der Waals surface area contributed by atoms with E-state index in [0.717, 1.165) is 13.1 Å². The Balaban J connectivity index is 3.64. The van der Waals surface area contributed by atoms with Crippen molar-refractivity contribution >= 4 is 16.6 Å². The van der Waals surface area contributed by atoms with Crippen molar-refractivity contribution in [3.63, 3.8) is 0 Å². The minimum Gasteiger partial charge on any atom is -0.513 e. The van der Waals surface area contributed by atoms with Crippen LogP contribution in [0.4, 0.5) is 4.79 Å². The molecule has 0 saturated carbocycles. The van der Waals surface area contributed by atoms with Gasteiger partial charge in [0.05, 0.1) is 0 Å². The van der Waals surface area contributed by atoms with Crippen LogP contribution < -0.4 is 0 Å². The van der Waals surface area contributed by atoms with Gasteiger partial charge in [-0.05, 0) is 13.8 Å². The Kier molecular flexibility index (Phi) is 4.12. The summed E-state index contributed by atoms with van der Waals surface area (Å²) in [6.07, 6.45) is -0.188. The van der Waals surface area contributed by atoms with Gasteiger partial charge in [0.15, 0.2) is 0 Å². The van der Waals surface area contributed by atoms with Crippen molar-refractivity contribution in [1.29, 1.82) is 0 Å². The van der Waals surface area contributed by atoms with Crippen molar-refractivity contribution in [1.82, 2.24) is 4.90 Å². The Morgan fingerprint density at radius 1 is 1.56 bits per heavy atom. The van der Waals surface area contributed by atoms with Crippen LogP contribution in [0.5, 0.6) is 0 Å². The van der Waals surface area contributed by atoms with Crippen molar-refractivity contribution in [2.75, 3.05) is 13.1 Å². The molecule has 0 aromatic carbocycles. The van der Waals surface area contributed by atoms with Crippen molar-refractivity contribution < 1.29 is 9.22 Å². The van der Waals surface area contributed by atoms with Gasteiger partial charge < -0.3 is 9.33 Å². The second kappa shape index (κ2) is 4.37. The number of hydrogen-bond acceptors (Lipinski definition) is 2. The number of rotatable bonds is 2. The molecule has 1 amide bonds. The predicted octanol–water partition coefficient (Wildman–Crippen LogP) is -0.255. The maximum absolute atomic E-state index is 10.7. The molecule has 4 heteroatoms. The first-order chi connectivity index (χ1) is 4.26. The summed E-state index contributed by atoms with van der Waals surface area (Å²) in [6.45, 7) is 5.33. The van der Waals surface area contributed by atoms with E-state index < -0.39 is 0 Å². The highest BCUT2D eigenvalue weighted by Gasteiger charge is 2.05. The van der Waals surface area contributed by atoms with Gasteiger partial charge in [0.1, 0.15) is 0 Å². The summed E-state index contributed by atoms with van der Waals surface area (Å²) in [5, 5.41) is 0. The summed E-state index contributed by atoms with van der Waals surface area (Å²) in [4.78, 5) is 12.4. The third-order valence-electron chi connectivity index (χ3n) is 1.20. The fourth-order valence-electron chi connectivity index (χ4n) is 0.611. The lowest BCUT2D eigenvalue weighted by Crippen LogP contribution is -2.30. The highest BCUT2D eigenvalue weighted by atomic mass is 28.2. The predicted molar refractivity (Wildman–Crippen MR) is 39.3 cm³/mol. The molecule has 0 aromatic rings. The van der Waals surface area contributed by atoms with Crippen LogP contribution in [0.3, 0.4) is 0 Å². The van der Waals surface area contributed by atoms with Gasteiger partial charge in [-0.25, -0.2) is 4.79 Å². The number of amides is 1. The van der Waals surface area contributed by atoms with Gasteiger partial charge in [0.2, 0.25) is 10.5 Å². The van der Waals surface area contributed by atoms with Crippen molar-refractivity contribution in [3.05, 3.63) is 0 Å². The summed E-state index contributed by atoms with van der Waals surface area (Å²) in [5.41, 5.74) is 0. The average Bonchev–Trinajstić information content (AvgIpc) is 1.90. The SMILES string of the molecule is CCN(CC)C(=O)O[SiH3]. The van der Waals surface area contributed by atoms with E-state index in [-0.39, 0.29) is 6.09 Å². The standard InChI is InChI=1S/C5H13NO2Si/c1-3-6(4-2)5(7)8-9/h3-4H2,1-2,9H3. The van der Waals surface area contributed by atoms with Gasteiger partial charge in [-0.2, -0.15) is 0 Å². The summed E-state index contributed by atoms with van der Waals surface area (Å²) in [7, 11) is 0.489. The Morgan fingerprint density at radius 3 is 2.11 bits per heavy atom. The van der Waals surface area contributed by atoms with Crippen LogP contribution in [0.1, 0.15) is 13.8 Å². The molecule has 0 aromatic heterocycles. The van der Waals surface area contributed by atoms with E-state index in [9.17, 15) is 4.79 Å². The van der Waals surface area contributed by atoms with Crippen LogP contribution in [0.25, 0.3) is 0 Å². The maximum Gasteiger partial charge on any atom is 0.395 e. The van der Waals surface area contributed by atoms with E-state index in [2.05, 4.69) is 4.43 Å². The first-order valence-electron chi connectivity index (χ1n) is 3.09. The van der Waals surface area contributed by atoms with Crippen LogP contribution in [0.2, 0.25) is 0 Å². The lowest BCUT2D eigenvalue weighted by atomic mass is 10.6. The van der Waals surface area contributed by atoms with E-state index in [4.69, 9.17) is 0 Å². The Morgan fingerprint density at radius 2 is 2.00 bits per heavy atom. The number of nitrogens with zero attached hydrogens (tertiary/aromatic N) is 1. The molecule has 9 heavy (non-hydrogen) atoms. The minimum absolute atomic E-state index is 0.188. The van der Waals surface area contributed by atoms with E-state index >= 15 is 0 Å². The second-order valence-electron chi connectivity index (χ2n) is 1.64. The molecule has 0 rings (SSSR count). The molecule has 0 atom stereocenters. The summed E-state index contributed by atoms with van der Waals surface area (Å²) >= 11 is 0. The van der Waals surface area contributed by atoms with Crippen molar-refractivity contribution in [2.45, 2.75) is 13.8 Å². The molecule has 54 valence electrons. The lowest BCUT2D eigenvalue weighted by Gasteiger charge is -2.16. The summed E-state index contributed by atoms with van der Waals surface area (Å²) < 4.78 is 4.62. The summed E-state index contributed by atoms with van der Waals surface area (Å²) in [6, 6.07) is 0. The number of hydrogen-bond donors (Lipinski definition) is 0. The van der Waals surface area contributed by atoms with E-state index in [1.165, 1.54) is 0 Å². The van der Waals surface area contributed by atoms with E-state index in [1.807, 2.05) is 13.8 Å². The topological polar surface area (TPSA) is 29.5 Å². The Labute approximate surface area is 58.5 Å². The second-order valence-corrected chi connectivity index (χ2v) is 2.05. The van der Waals surface area contributed by atoms with E-state index in [1.54, 1.807) is 4.90 Å². The Bertz CT molecular complexity index is 93.0. The average molecular weight is 147 g/mol. The van der Waals surface area contributed by atoms with Gasteiger partial charge in [-0.1, -0.05) is 0 Å². The lowest BCUT2D eigenvalue weighted by molar-refractivity contribution is 0.161. The molecule has 3 nitrogen and oxygen atoms in total. The summed E-state index contributed by atoms with van der Waals surface area (Å²) in [5.74, 6) is 0. The molecule has 0 heterocycles. The van der Waals surface area contributed by atoms with Crippen LogP contribution in [0.15, 0.2) is 0 Å². The fourth-order valence-corrected chi connectivity index (χ4v) is 0.869. The zero-order valence-electron chi connectivity index (χ0n) is 6.18. The first-order valence-corrected chi connectivity index (χ1v) is 3.90. The molecule has 0 aliphatic carbocycles. The molecular weight excluding hydrogens is 134 g/mol. The largest absolute Gasteiger partial charge is 0.513 e. The van der Waals surface area contributed by atoms with Crippen molar-refractivity contribution in [3.8, 4) is 0 Å². The highest BCUT2D eigenvalue weighted by molar-refractivity contribution is 6.04. The molecule has 0 aliphatic heterocycles. The molecule has 0 radical (unpaired) electrons. The van der Waals surface area contributed by atoms with Crippen LogP contribution in [-0.2, 0) is 4.43 Å². The van der Waals surface area contributed by atoms with Gasteiger partial charge >= 0.3 is 6.09 Å². The van der Waals surface area contributed by atoms with Crippen LogP contribution >= 0.6 is 0 Å². The zero-order valence-corrected chi connectivity index (χ0v) is 8.18. The minimum atomic E-state index is -0.188. The Hall–Kier alpha value is -0.513. The molecule has 0 bridgehead atoms. The molecule has 0 unspecified atom stereocenters. The third-order valence-corrected chi connectivity index (χ3v) is 1.55. The first kappa shape index (κ1) is 8.49. The van der Waals surface area contributed by atoms with Crippen LogP contribution in [-0.4, -0.2) is 34.6 Å². The van der Waals surface area contributed by atoms with Gasteiger partial charge in [-0.3, -0.25) is 0 Å². The van der Waals surface area contributed by atoms with Crippen LogP contribution in [0, 0.1) is 0 Å². The molecule has 0 aliphatic rings. The highest BCUT2D eigenvalue weighted by Crippen LogP contribution is 1.89. The number of carbonyl (C=O) groups excluding carboxylic acids is 1. The van der Waals surface area contributed by atoms with Crippen molar-refractivity contribution in [2.24, 2.45) is 0 Å². The molecule has 0 saturated heterocycles. The fraction of sp³-hybridized carbons (Fsp3) is 0.800. The van der Waals surface area contributed by atoms with Gasteiger partial charge in [0.25, 0.3) is 0 Å². The third kappa shape index (κ3) is 2.50. The molecule has 0 spiro atoms.